The van der Waals surface area contributed by atoms with Crippen LogP contribution >= 0.6 is 0 Å². The average molecular weight is 382 g/mol. The van der Waals surface area contributed by atoms with Crippen LogP contribution in [0.2, 0.25) is 0 Å². The SMILES string of the molecule is Cn1cc([C@H]2CNC[C@@H]2C(=O)NCCOc2ccccc2C(F)(F)F)cn1. The van der Waals surface area contributed by atoms with Crippen LogP contribution in [-0.2, 0) is 18.0 Å². The molecule has 0 bridgehead atoms. The van der Waals surface area contributed by atoms with E-state index in [1.54, 1.807) is 10.9 Å². The van der Waals surface area contributed by atoms with Crippen molar-refractivity contribution in [2.75, 3.05) is 26.2 Å². The highest BCUT2D eigenvalue weighted by Crippen LogP contribution is 2.35. The summed E-state index contributed by atoms with van der Waals surface area (Å²) in [7, 11) is 1.82. The summed E-state index contributed by atoms with van der Waals surface area (Å²) in [6.07, 6.45) is -0.851. The van der Waals surface area contributed by atoms with Crippen LogP contribution in [0.5, 0.6) is 5.75 Å². The Kier molecular flexibility index (Phi) is 5.69. The fraction of sp³-hybridized carbons (Fsp3) is 0.444. The fourth-order valence-electron chi connectivity index (χ4n) is 3.23. The molecular formula is C18H21F3N4O2. The molecule has 0 radical (unpaired) electrons. The maximum absolute atomic E-state index is 12.9. The summed E-state index contributed by atoms with van der Waals surface area (Å²) < 4.78 is 45.7. The van der Waals surface area contributed by atoms with Gasteiger partial charge in [-0.05, 0) is 17.7 Å². The number of aryl methyl sites for hydroxylation is 1. The molecule has 3 rings (SSSR count). The smallest absolute Gasteiger partial charge is 0.419 e. The van der Waals surface area contributed by atoms with E-state index in [0.29, 0.717) is 13.1 Å². The van der Waals surface area contributed by atoms with Crippen molar-refractivity contribution in [2.24, 2.45) is 13.0 Å². The Labute approximate surface area is 154 Å². The van der Waals surface area contributed by atoms with E-state index in [9.17, 15) is 18.0 Å². The summed E-state index contributed by atoms with van der Waals surface area (Å²) in [4.78, 5) is 12.5. The lowest BCUT2D eigenvalue weighted by Gasteiger charge is -2.18. The fourth-order valence-corrected chi connectivity index (χ4v) is 3.23. The predicted molar refractivity (Wildman–Crippen MR) is 92.3 cm³/mol. The number of carbonyl (C=O) groups excluding carboxylic acids is 1. The molecular weight excluding hydrogens is 361 g/mol. The van der Waals surface area contributed by atoms with Gasteiger partial charge in [-0.1, -0.05) is 12.1 Å². The number of hydrogen-bond donors (Lipinski definition) is 2. The minimum atomic E-state index is -4.48. The van der Waals surface area contributed by atoms with E-state index in [1.807, 2.05) is 13.2 Å². The number of hydrogen-bond acceptors (Lipinski definition) is 4. The highest BCUT2D eigenvalue weighted by molar-refractivity contribution is 5.80. The summed E-state index contributed by atoms with van der Waals surface area (Å²) in [6.45, 7) is 1.31. The number of benzene rings is 1. The number of aromatic nitrogens is 2. The predicted octanol–water partition coefficient (Wildman–Crippen LogP) is 1.94. The molecule has 1 amide bonds. The summed E-state index contributed by atoms with van der Waals surface area (Å²) in [6, 6.07) is 5.02. The van der Waals surface area contributed by atoms with E-state index < -0.39 is 11.7 Å². The monoisotopic (exact) mass is 382 g/mol. The lowest BCUT2D eigenvalue weighted by Crippen LogP contribution is -2.36. The molecule has 1 aromatic carbocycles. The van der Waals surface area contributed by atoms with Crippen molar-refractivity contribution in [1.82, 2.24) is 20.4 Å². The number of ether oxygens (including phenoxy) is 1. The molecule has 146 valence electrons. The van der Waals surface area contributed by atoms with E-state index in [-0.39, 0.29) is 36.6 Å². The molecule has 9 heteroatoms. The van der Waals surface area contributed by atoms with E-state index >= 15 is 0 Å². The molecule has 1 saturated heterocycles. The molecule has 1 aliphatic rings. The molecule has 2 N–H and O–H groups in total. The number of amides is 1. The van der Waals surface area contributed by atoms with Crippen LogP contribution in [0.1, 0.15) is 17.0 Å². The number of rotatable bonds is 6. The Morgan fingerprint density at radius 2 is 2.15 bits per heavy atom. The lowest BCUT2D eigenvalue weighted by molar-refractivity contribution is -0.139. The molecule has 0 spiro atoms. The van der Waals surface area contributed by atoms with Gasteiger partial charge in [0.25, 0.3) is 0 Å². The molecule has 0 saturated carbocycles. The van der Waals surface area contributed by atoms with Crippen molar-refractivity contribution >= 4 is 5.91 Å². The molecule has 2 aromatic rings. The quantitative estimate of drug-likeness (QED) is 0.750. The van der Waals surface area contributed by atoms with Crippen LogP contribution in [0.25, 0.3) is 0 Å². The maximum atomic E-state index is 12.9. The van der Waals surface area contributed by atoms with Crippen molar-refractivity contribution in [3.8, 4) is 5.75 Å². The van der Waals surface area contributed by atoms with Crippen LogP contribution in [0.15, 0.2) is 36.7 Å². The molecule has 1 aliphatic heterocycles. The molecule has 6 nitrogen and oxygen atoms in total. The topological polar surface area (TPSA) is 68.2 Å². The number of nitrogens with one attached hydrogen (secondary N) is 2. The highest BCUT2D eigenvalue weighted by atomic mass is 19.4. The third-order valence-electron chi connectivity index (χ3n) is 4.56. The van der Waals surface area contributed by atoms with Crippen molar-refractivity contribution in [1.29, 1.82) is 0 Å². The summed E-state index contributed by atoms with van der Waals surface area (Å²) in [5.74, 6) is -0.626. The van der Waals surface area contributed by atoms with Gasteiger partial charge in [0.2, 0.25) is 5.91 Å². The first-order chi connectivity index (χ1) is 12.9. The van der Waals surface area contributed by atoms with Gasteiger partial charge in [0.05, 0.1) is 24.2 Å². The largest absolute Gasteiger partial charge is 0.491 e. The Morgan fingerprint density at radius 3 is 2.85 bits per heavy atom. The van der Waals surface area contributed by atoms with Gasteiger partial charge >= 0.3 is 6.18 Å². The van der Waals surface area contributed by atoms with Crippen molar-refractivity contribution in [2.45, 2.75) is 12.1 Å². The average Bonchev–Trinajstić information content (AvgIpc) is 3.26. The first kappa shape index (κ1) is 19.2. The standard InChI is InChI=1S/C18H21F3N4O2/c1-25-11-12(8-24-25)13-9-22-10-14(13)17(26)23-6-7-27-16-5-3-2-4-15(16)18(19,20)21/h2-5,8,11,13-14,22H,6-7,9-10H2,1H3,(H,23,26)/t13-,14+/m1/s1. The molecule has 27 heavy (non-hydrogen) atoms. The van der Waals surface area contributed by atoms with Gasteiger partial charge < -0.3 is 15.4 Å². The van der Waals surface area contributed by atoms with Crippen LogP contribution in [0, 0.1) is 5.92 Å². The number of nitrogens with zero attached hydrogens (tertiary/aromatic N) is 2. The molecule has 2 heterocycles. The van der Waals surface area contributed by atoms with E-state index in [0.717, 1.165) is 11.6 Å². The lowest BCUT2D eigenvalue weighted by atomic mass is 9.90. The van der Waals surface area contributed by atoms with Crippen molar-refractivity contribution in [3.05, 3.63) is 47.8 Å². The maximum Gasteiger partial charge on any atom is 0.419 e. The van der Waals surface area contributed by atoms with Gasteiger partial charge in [-0.25, -0.2) is 0 Å². The molecule has 1 fully saturated rings. The van der Waals surface area contributed by atoms with Gasteiger partial charge in [0.15, 0.2) is 0 Å². The van der Waals surface area contributed by atoms with Gasteiger partial charge in [0.1, 0.15) is 12.4 Å². The number of halogens is 3. The summed E-state index contributed by atoms with van der Waals surface area (Å²) in [5.41, 5.74) is 0.158. The Morgan fingerprint density at radius 1 is 1.37 bits per heavy atom. The van der Waals surface area contributed by atoms with Crippen LogP contribution in [0.3, 0.4) is 0 Å². The zero-order valence-electron chi connectivity index (χ0n) is 14.8. The van der Waals surface area contributed by atoms with E-state index in [1.165, 1.54) is 18.2 Å². The van der Waals surface area contributed by atoms with Crippen LogP contribution < -0.4 is 15.4 Å². The second-order valence-corrected chi connectivity index (χ2v) is 6.45. The second kappa shape index (κ2) is 7.99. The number of carbonyl (C=O) groups is 1. The van der Waals surface area contributed by atoms with E-state index in [4.69, 9.17) is 4.74 Å². The number of para-hydroxylation sites is 1. The number of alkyl halides is 3. The third-order valence-corrected chi connectivity index (χ3v) is 4.56. The molecule has 0 aliphatic carbocycles. The Balaban J connectivity index is 1.52. The first-order valence-electron chi connectivity index (χ1n) is 8.62. The van der Waals surface area contributed by atoms with Gasteiger partial charge in [0, 0.05) is 32.3 Å². The van der Waals surface area contributed by atoms with Crippen LogP contribution in [0.4, 0.5) is 13.2 Å². The normalized spacial score (nSPS) is 19.9. The minimum absolute atomic E-state index is 0.0190. The second-order valence-electron chi connectivity index (χ2n) is 6.45. The highest BCUT2D eigenvalue weighted by Gasteiger charge is 2.35. The van der Waals surface area contributed by atoms with E-state index in [2.05, 4.69) is 15.7 Å². The third kappa shape index (κ3) is 4.60. The van der Waals surface area contributed by atoms with Crippen molar-refractivity contribution < 1.29 is 22.7 Å². The van der Waals surface area contributed by atoms with Crippen molar-refractivity contribution in [3.63, 3.8) is 0 Å². The Bertz CT molecular complexity index is 791. The first-order valence-corrected chi connectivity index (χ1v) is 8.62. The van der Waals surface area contributed by atoms with Gasteiger partial charge in [-0.2, -0.15) is 18.3 Å². The van der Waals surface area contributed by atoms with Gasteiger partial charge in [-0.15, -0.1) is 0 Å². The Hall–Kier alpha value is -2.55. The zero-order chi connectivity index (χ0) is 19.4. The zero-order valence-corrected chi connectivity index (χ0v) is 14.8. The minimum Gasteiger partial charge on any atom is -0.491 e. The molecule has 0 unspecified atom stereocenters. The molecule has 1 aromatic heterocycles. The summed E-state index contributed by atoms with van der Waals surface area (Å²) in [5, 5.41) is 10.1. The molecule has 2 atom stereocenters. The van der Waals surface area contributed by atoms with Crippen LogP contribution in [-0.4, -0.2) is 41.9 Å². The summed E-state index contributed by atoms with van der Waals surface area (Å²) >= 11 is 0. The van der Waals surface area contributed by atoms with Gasteiger partial charge in [-0.3, -0.25) is 9.48 Å².